The van der Waals surface area contributed by atoms with Gasteiger partial charge < -0.3 is 15.0 Å². The molecule has 1 saturated carbocycles. The van der Waals surface area contributed by atoms with E-state index in [-0.39, 0.29) is 11.9 Å². The Bertz CT molecular complexity index is 799. The first-order valence-corrected chi connectivity index (χ1v) is 10.1. The molecule has 2 aliphatic heterocycles. The second-order valence-corrected chi connectivity index (χ2v) is 8.72. The average molecular weight is 370 g/mol. The third-order valence-corrected chi connectivity index (χ3v) is 6.77. The van der Waals surface area contributed by atoms with Gasteiger partial charge >= 0.3 is 0 Å². The van der Waals surface area contributed by atoms with Gasteiger partial charge in [-0.3, -0.25) is 4.79 Å². The maximum absolute atomic E-state index is 12.8. The van der Waals surface area contributed by atoms with E-state index in [0.717, 1.165) is 47.4 Å². The molecule has 6 nitrogen and oxygen atoms in total. The lowest BCUT2D eigenvalue weighted by atomic mass is 9.92. The third-order valence-electron chi connectivity index (χ3n) is 5.87. The van der Waals surface area contributed by atoms with E-state index in [2.05, 4.69) is 20.4 Å². The zero-order valence-corrected chi connectivity index (χ0v) is 15.5. The molecule has 1 aromatic carbocycles. The fourth-order valence-electron chi connectivity index (χ4n) is 4.61. The molecule has 5 rings (SSSR count). The van der Waals surface area contributed by atoms with Crippen LogP contribution in [0.3, 0.4) is 0 Å². The zero-order valence-electron chi connectivity index (χ0n) is 14.7. The van der Waals surface area contributed by atoms with Crippen molar-refractivity contribution in [3.8, 4) is 5.75 Å². The van der Waals surface area contributed by atoms with Crippen LogP contribution in [0.25, 0.3) is 0 Å². The lowest BCUT2D eigenvalue weighted by molar-refractivity contribution is -0.128. The number of amides is 1. The predicted molar refractivity (Wildman–Crippen MR) is 99.6 cm³/mol. The predicted octanol–water partition coefficient (Wildman–Crippen LogP) is 2.18. The van der Waals surface area contributed by atoms with Crippen LogP contribution in [0, 0.1) is 18.8 Å². The number of ether oxygens (including phenoxy) is 1. The lowest BCUT2D eigenvalue weighted by Gasteiger charge is -2.38. The van der Waals surface area contributed by atoms with Crippen LogP contribution >= 0.6 is 11.3 Å². The Morgan fingerprint density at radius 1 is 1.23 bits per heavy atom. The van der Waals surface area contributed by atoms with Crippen molar-refractivity contribution in [2.45, 2.75) is 38.3 Å². The van der Waals surface area contributed by atoms with E-state index in [9.17, 15) is 4.79 Å². The molecule has 0 spiro atoms. The number of nitrogens with one attached hydrogen (secondary N) is 1. The third kappa shape index (κ3) is 2.74. The van der Waals surface area contributed by atoms with Gasteiger partial charge in [-0.2, -0.15) is 0 Å². The number of para-hydroxylation sites is 1. The molecule has 2 unspecified atom stereocenters. The van der Waals surface area contributed by atoms with Crippen LogP contribution in [0.5, 0.6) is 5.75 Å². The van der Waals surface area contributed by atoms with Crippen molar-refractivity contribution in [3.05, 3.63) is 34.8 Å². The Hall–Kier alpha value is -2.15. The second-order valence-electron chi connectivity index (χ2n) is 7.56. The Morgan fingerprint density at radius 3 is 2.69 bits per heavy atom. The summed E-state index contributed by atoms with van der Waals surface area (Å²) in [5, 5.41) is 13.8. The molecule has 1 aromatic heterocycles. The number of hydrogen-bond donors (Lipinski definition) is 1. The second kappa shape index (κ2) is 6.23. The van der Waals surface area contributed by atoms with Gasteiger partial charge in [-0.05, 0) is 43.2 Å². The first kappa shape index (κ1) is 16.1. The summed E-state index contributed by atoms with van der Waals surface area (Å²) >= 11 is 1.65. The molecule has 4 atom stereocenters. The number of carbonyl (C=O) groups is 1. The first-order valence-electron chi connectivity index (χ1n) is 9.27. The molecule has 1 amide bonds. The van der Waals surface area contributed by atoms with Crippen molar-refractivity contribution >= 4 is 22.4 Å². The minimum Gasteiger partial charge on any atom is -0.480 e. The monoisotopic (exact) mass is 370 g/mol. The van der Waals surface area contributed by atoms with Gasteiger partial charge in [0.15, 0.2) is 6.10 Å². The number of anilines is 1. The van der Waals surface area contributed by atoms with Gasteiger partial charge in [0.1, 0.15) is 10.8 Å². The molecule has 3 aliphatic rings. The fourth-order valence-corrected chi connectivity index (χ4v) is 5.32. The van der Waals surface area contributed by atoms with Crippen molar-refractivity contribution in [1.82, 2.24) is 15.5 Å². The smallest absolute Gasteiger partial charge is 0.261 e. The fraction of sp³-hybridized carbons (Fsp3) is 0.526. The maximum Gasteiger partial charge on any atom is 0.261 e. The van der Waals surface area contributed by atoms with Crippen LogP contribution in [0.1, 0.15) is 23.4 Å². The van der Waals surface area contributed by atoms with Crippen molar-refractivity contribution in [1.29, 1.82) is 0 Å². The van der Waals surface area contributed by atoms with E-state index in [4.69, 9.17) is 4.74 Å². The molecule has 2 bridgehead atoms. The van der Waals surface area contributed by atoms with Crippen LogP contribution in [0.4, 0.5) is 5.13 Å². The molecule has 26 heavy (non-hydrogen) atoms. The molecule has 2 aromatic rings. The summed E-state index contributed by atoms with van der Waals surface area (Å²) in [6, 6.07) is 8.17. The van der Waals surface area contributed by atoms with Gasteiger partial charge in [0.2, 0.25) is 5.13 Å². The molecular formula is C19H22N4O2S. The number of fused-ring (bicyclic) bond motifs is 3. The molecule has 2 fully saturated rings. The SMILES string of the molecule is Cc1nnc(N2C[C@H]3CC[C@@H](C2)C3NC(=O)C2Cc3ccccc3O2)s1. The van der Waals surface area contributed by atoms with E-state index >= 15 is 0 Å². The van der Waals surface area contributed by atoms with Crippen molar-refractivity contribution in [3.63, 3.8) is 0 Å². The highest BCUT2D eigenvalue weighted by Crippen LogP contribution is 2.39. The average Bonchev–Trinajstić information content (AvgIpc) is 3.31. The van der Waals surface area contributed by atoms with E-state index in [1.54, 1.807) is 11.3 Å². The van der Waals surface area contributed by atoms with Gasteiger partial charge in [0.05, 0.1) is 0 Å². The summed E-state index contributed by atoms with van der Waals surface area (Å²) < 4.78 is 5.86. The molecule has 1 saturated heterocycles. The van der Waals surface area contributed by atoms with E-state index in [0.29, 0.717) is 18.3 Å². The van der Waals surface area contributed by atoms with Gasteiger partial charge in [-0.1, -0.05) is 29.5 Å². The summed E-state index contributed by atoms with van der Waals surface area (Å²) in [6.45, 7) is 3.88. The summed E-state index contributed by atoms with van der Waals surface area (Å²) in [5.41, 5.74) is 1.12. The van der Waals surface area contributed by atoms with Gasteiger partial charge in [0, 0.05) is 25.6 Å². The Balaban J connectivity index is 1.24. The Kier molecular flexibility index (Phi) is 3.85. The summed E-state index contributed by atoms with van der Waals surface area (Å²) in [4.78, 5) is 15.1. The van der Waals surface area contributed by atoms with Crippen LogP contribution in [-0.4, -0.2) is 41.3 Å². The molecule has 7 heteroatoms. The minimum absolute atomic E-state index is 0.0308. The zero-order chi connectivity index (χ0) is 17.7. The molecule has 3 heterocycles. The molecule has 1 N–H and O–H groups in total. The lowest BCUT2D eigenvalue weighted by Crippen LogP contribution is -2.55. The molecular weight excluding hydrogens is 348 g/mol. The topological polar surface area (TPSA) is 67.4 Å². The van der Waals surface area contributed by atoms with Crippen LogP contribution in [0.2, 0.25) is 0 Å². The largest absolute Gasteiger partial charge is 0.480 e. The number of aromatic nitrogens is 2. The highest BCUT2D eigenvalue weighted by molar-refractivity contribution is 7.15. The van der Waals surface area contributed by atoms with Gasteiger partial charge in [-0.25, -0.2) is 0 Å². The highest BCUT2D eigenvalue weighted by Gasteiger charge is 2.44. The first-order chi connectivity index (χ1) is 12.7. The maximum atomic E-state index is 12.8. The molecule has 1 aliphatic carbocycles. The number of carbonyl (C=O) groups excluding carboxylic acids is 1. The van der Waals surface area contributed by atoms with Gasteiger partial charge in [-0.15, -0.1) is 10.2 Å². The number of aryl methyl sites for hydroxylation is 1. The van der Waals surface area contributed by atoms with E-state index < -0.39 is 6.10 Å². The minimum atomic E-state index is -0.393. The summed E-state index contributed by atoms with van der Waals surface area (Å²) in [6.07, 6.45) is 2.60. The Labute approximate surface area is 156 Å². The number of hydrogen-bond acceptors (Lipinski definition) is 6. The van der Waals surface area contributed by atoms with Crippen molar-refractivity contribution in [2.75, 3.05) is 18.0 Å². The van der Waals surface area contributed by atoms with Gasteiger partial charge in [0.25, 0.3) is 5.91 Å². The highest BCUT2D eigenvalue weighted by atomic mass is 32.1. The standard InChI is InChI=1S/C19H22N4O2S/c1-11-21-22-19(26-11)23-9-13-6-7-14(10-23)17(13)20-18(24)16-8-12-4-2-3-5-15(12)25-16/h2-5,13-14,16-17H,6-10H2,1H3,(H,20,24)/t13-,14+,16?,17?. The van der Waals surface area contributed by atoms with Crippen molar-refractivity contribution in [2.24, 2.45) is 11.8 Å². The number of piperidine rings is 1. The van der Waals surface area contributed by atoms with Crippen LogP contribution in [-0.2, 0) is 11.2 Å². The number of rotatable bonds is 3. The molecule has 136 valence electrons. The number of benzene rings is 1. The Morgan fingerprint density at radius 2 is 2.00 bits per heavy atom. The van der Waals surface area contributed by atoms with Crippen LogP contribution in [0.15, 0.2) is 24.3 Å². The molecule has 0 radical (unpaired) electrons. The summed E-state index contributed by atoms with van der Waals surface area (Å²) in [5.74, 6) is 1.83. The van der Waals surface area contributed by atoms with Crippen molar-refractivity contribution < 1.29 is 9.53 Å². The van der Waals surface area contributed by atoms with E-state index in [1.807, 2.05) is 31.2 Å². The quantitative estimate of drug-likeness (QED) is 0.897. The number of nitrogens with zero attached hydrogens (tertiary/aromatic N) is 3. The van der Waals surface area contributed by atoms with E-state index in [1.165, 1.54) is 0 Å². The normalized spacial score (nSPS) is 29.3. The summed E-state index contributed by atoms with van der Waals surface area (Å²) in [7, 11) is 0. The van der Waals surface area contributed by atoms with Crippen LogP contribution < -0.4 is 15.0 Å².